The molecule has 0 bridgehead atoms. The van der Waals surface area contributed by atoms with Crippen molar-refractivity contribution in [2.24, 2.45) is 0 Å². The largest absolute Gasteiger partial charge is 0.464 e. The number of rotatable bonds is 5. The minimum Gasteiger partial charge on any atom is -0.464 e. The highest BCUT2D eigenvalue weighted by molar-refractivity contribution is 5.93. The van der Waals surface area contributed by atoms with Crippen molar-refractivity contribution in [1.29, 1.82) is 0 Å². The Morgan fingerprint density at radius 3 is 2.54 bits per heavy atom. The zero-order valence-corrected chi connectivity index (χ0v) is 13.8. The molecular formula is C17H19NO6. The summed E-state index contributed by atoms with van der Waals surface area (Å²) in [4.78, 5) is 34.3. The van der Waals surface area contributed by atoms with Crippen molar-refractivity contribution >= 4 is 28.9 Å². The third-order valence-corrected chi connectivity index (χ3v) is 3.49. The Morgan fingerprint density at radius 2 is 1.83 bits per heavy atom. The average Bonchev–Trinajstić information content (AvgIpc) is 2.88. The Bertz CT molecular complexity index is 777. The maximum absolute atomic E-state index is 11.9. The monoisotopic (exact) mass is 333 g/mol. The molecule has 0 saturated carbocycles. The van der Waals surface area contributed by atoms with Gasteiger partial charge in [-0.2, -0.15) is 0 Å². The highest BCUT2D eigenvalue weighted by Crippen LogP contribution is 2.25. The molecule has 0 saturated heterocycles. The molecule has 1 aromatic heterocycles. The van der Waals surface area contributed by atoms with Gasteiger partial charge in [0.15, 0.2) is 6.61 Å². The summed E-state index contributed by atoms with van der Waals surface area (Å²) in [5, 5.41) is 2.78. The first-order valence-electron chi connectivity index (χ1n) is 7.50. The quantitative estimate of drug-likeness (QED) is 0.844. The van der Waals surface area contributed by atoms with E-state index < -0.39 is 24.6 Å². The Balaban J connectivity index is 1.92. The molecule has 0 atom stereocenters. The molecule has 2 aromatic rings. The zero-order valence-electron chi connectivity index (χ0n) is 13.8. The molecule has 0 aliphatic rings. The van der Waals surface area contributed by atoms with Crippen molar-refractivity contribution in [3.8, 4) is 0 Å². The molecule has 0 unspecified atom stereocenters. The number of carbonyl (C=O) groups excluding carboxylic acids is 3. The SMILES string of the molecule is CCOC(=O)NC(=O)COC(=O)Cc1coc2cc(C)c(C)cc12. The average molecular weight is 333 g/mol. The number of nitrogens with one attached hydrogen (secondary N) is 1. The molecule has 7 nitrogen and oxygen atoms in total. The van der Waals surface area contributed by atoms with Crippen LogP contribution in [0.1, 0.15) is 23.6 Å². The lowest BCUT2D eigenvalue weighted by Gasteiger charge is -2.05. The molecule has 0 fully saturated rings. The molecule has 2 rings (SSSR count). The molecule has 0 radical (unpaired) electrons. The predicted octanol–water partition coefficient (Wildman–Crippen LogP) is 2.41. The molecule has 0 aliphatic carbocycles. The first kappa shape index (κ1) is 17.5. The van der Waals surface area contributed by atoms with Gasteiger partial charge in [-0.1, -0.05) is 0 Å². The molecule has 7 heteroatoms. The lowest BCUT2D eigenvalue weighted by atomic mass is 10.0. The summed E-state index contributed by atoms with van der Waals surface area (Å²) in [6.07, 6.45) is 0.608. The summed E-state index contributed by atoms with van der Waals surface area (Å²) in [6.45, 7) is 5.16. The number of amides is 2. The number of aryl methyl sites for hydroxylation is 2. The summed E-state index contributed by atoms with van der Waals surface area (Å²) in [6, 6.07) is 3.86. The molecule has 0 aliphatic heterocycles. The van der Waals surface area contributed by atoms with Gasteiger partial charge in [0.1, 0.15) is 5.58 Å². The molecule has 1 aromatic carbocycles. The summed E-state index contributed by atoms with van der Waals surface area (Å²) in [7, 11) is 0. The van der Waals surface area contributed by atoms with Crippen LogP contribution in [0.2, 0.25) is 0 Å². The second kappa shape index (κ2) is 7.63. The maximum Gasteiger partial charge on any atom is 0.413 e. The molecular weight excluding hydrogens is 314 g/mol. The molecule has 1 heterocycles. The van der Waals surface area contributed by atoms with Gasteiger partial charge in [-0.25, -0.2) is 4.79 Å². The first-order chi connectivity index (χ1) is 11.4. The van der Waals surface area contributed by atoms with Gasteiger partial charge < -0.3 is 13.9 Å². The number of furan rings is 1. The van der Waals surface area contributed by atoms with Crippen LogP contribution in [-0.2, 0) is 25.5 Å². The minimum atomic E-state index is -0.870. The normalized spacial score (nSPS) is 10.5. The van der Waals surface area contributed by atoms with Crippen molar-refractivity contribution in [3.63, 3.8) is 0 Å². The van der Waals surface area contributed by atoms with Crippen LogP contribution < -0.4 is 5.32 Å². The third kappa shape index (κ3) is 4.34. The van der Waals surface area contributed by atoms with Crippen molar-refractivity contribution in [3.05, 3.63) is 35.1 Å². The summed E-state index contributed by atoms with van der Waals surface area (Å²) in [5.41, 5.74) is 3.57. The zero-order chi connectivity index (χ0) is 17.7. The molecule has 24 heavy (non-hydrogen) atoms. The van der Waals surface area contributed by atoms with Crippen LogP contribution in [0.15, 0.2) is 22.8 Å². The first-order valence-corrected chi connectivity index (χ1v) is 7.50. The number of hydrogen-bond acceptors (Lipinski definition) is 6. The van der Waals surface area contributed by atoms with Crippen molar-refractivity contribution in [2.75, 3.05) is 13.2 Å². The van der Waals surface area contributed by atoms with Crippen molar-refractivity contribution in [1.82, 2.24) is 5.32 Å². The van der Waals surface area contributed by atoms with Crippen LogP contribution >= 0.6 is 0 Å². The molecule has 1 N–H and O–H groups in total. The number of carbonyl (C=O) groups is 3. The Morgan fingerprint density at radius 1 is 1.12 bits per heavy atom. The van der Waals surface area contributed by atoms with E-state index in [9.17, 15) is 14.4 Å². The summed E-state index contributed by atoms with van der Waals surface area (Å²) < 4.78 is 14.9. The maximum atomic E-state index is 11.9. The van der Waals surface area contributed by atoms with Crippen LogP contribution in [0.5, 0.6) is 0 Å². The van der Waals surface area contributed by atoms with Crippen LogP contribution in [-0.4, -0.2) is 31.2 Å². The fraction of sp³-hybridized carbons (Fsp3) is 0.353. The standard InChI is InChI=1S/C17H19NO6/c1-4-22-17(21)18-15(19)9-24-16(20)7-12-8-23-14-6-11(3)10(2)5-13(12)14/h5-6,8H,4,7,9H2,1-3H3,(H,18,19,21). The van der Waals surface area contributed by atoms with Crippen LogP contribution in [0.3, 0.4) is 0 Å². The van der Waals surface area contributed by atoms with E-state index >= 15 is 0 Å². The highest BCUT2D eigenvalue weighted by atomic mass is 16.6. The second-order valence-electron chi connectivity index (χ2n) is 5.30. The van der Waals surface area contributed by atoms with E-state index in [-0.39, 0.29) is 13.0 Å². The number of fused-ring (bicyclic) bond motifs is 1. The van der Waals surface area contributed by atoms with Gasteiger partial charge in [0.25, 0.3) is 5.91 Å². The highest BCUT2D eigenvalue weighted by Gasteiger charge is 2.15. The third-order valence-electron chi connectivity index (χ3n) is 3.49. The van der Waals surface area contributed by atoms with Gasteiger partial charge in [0.2, 0.25) is 0 Å². The molecule has 2 amide bonds. The minimum absolute atomic E-state index is 0.0256. The van der Waals surface area contributed by atoms with Gasteiger partial charge in [-0.3, -0.25) is 14.9 Å². The van der Waals surface area contributed by atoms with E-state index in [4.69, 9.17) is 9.15 Å². The van der Waals surface area contributed by atoms with Gasteiger partial charge in [0.05, 0.1) is 19.3 Å². The number of esters is 1. The van der Waals surface area contributed by atoms with Crippen LogP contribution in [0, 0.1) is 13.8 Å². The number of hydrogen-bond donors (Lipinski definition) is 1. The number of benzene rings is 1. The van der Waals surface area contributed by atoms with E-state index in [0.29, 0.717) is 11.1 Å². The van der Waals surface area contributed by atoms with E-state index in [0.717, 1.165) is 16.5 Å². The van der Waals surface area contributed by atoms with Gasteiger partial charge >= 0.3 is 12.1 Å². The summed E-state index contributed by atoms with van der Waals surface area (Å²) in [5.74, 6) is -1.33. The van der Waals surface area contributed by atoms with Crippen molar-refractivity contribution < 1.29 is 28.3 Å². The van der Waals surface area contributed by atoms with Gasteiger partial charge in [0, 0.05) is 10.9 Å². The van der Waals surface area contributed by atoms with Crippen LogP contribution in [0.25, 0.3) is 11.0 Å². The fourth-order valence-corrected chi connectivity index (χ4v) is 2.14. The number of alkyl carbamates (subject to hydrolysis) is 1. The number of imide groups is 1. The van der Waals surface area contributed by atoms with Crippen LogP contribution in [0.4, 0.5) is 4.79 Å². The van der Waals surface area contributed by atoms with E-state index in [2.05, 4.69) is 4.74 Å². The summed E-state index contributed by atoms with van der Waals surface area (Å²) >= 11 is 0. The molecule has 128 valence electrons. The van der Waals surface area contributed by atoms with Gasteiger partial charge in [-0.15, -0.1) is 0 Å². The van der Waals surface area contributed by atoms with Crippen molar-refractivity contribution in [2.45, 2.75) is 27.2 Å². The Labute approximate surface area is 138 Å². The van der Waals surface area contributed by atoms with Gasteiger partial charge in [-0.05, 0) is 44.0 Å². The Kier molecular flexibility index (Phi) is 5.57. The van der Waals surface area contributed by atoms with E-state index in [1.165, 1.54) is 6.26 Å². The van der Waals surface area contributed by atoms with E-state index in [1.54, 1.807) is 6.92 Å². The lowest BCUT2D eigenvalue weighted by Crippen LogP contribution is -2.34. The second-order valence-corrected chi connectivity index (χ2v) is 5.30. The smallest absolute Gasteiger partial charge is 0.413 e. The fourth-order valence-electron chi connectivity index (χ4n) is 2.14. The Hall–Kier alpha value is -2.83. The topological polar surface area (TPSA) is 94.8 Å². The lowest BCUT2D eigenvalue weighted by molar-refractivity contribution is -0.147. The predicted molar refractivity (Wildman–Crippen MR) is 85.5 cm³/mol. The molecule has 0 spiro atoms. The number of ether oxygens (including phenoxy) is 2. The van der Waals surface area contributed by atoms with E-state index in [1.807, 2.05) is 31.3 Å².